The minimum absolute atomic E-state index is 0.0809. The van der Waals surface area contributed by atoms with Gasteiger partial charge in [0.1, 0.15) is 5.82 Å². The van der Waals surface area contributed by atoms with Gasteiger partial charge in [0.2, 0.25) is 5.91 Å². The second-order valence-electron chi connectivity index (χ2n) is 6.19. The maximum absolute atomic E-state index is 12.8. The van der Waals surface area contributed by atoms with Crippen LogP contribution in [0.15, 0.2) is 24.3 Å². The van der Waals surface area contributed by atoms with Crippen molar-refractivity contribution in [2.24, 2.45) is 11.7 Å². The monoisotopic (exact) mass is 323 g/mol. The van der Waals surface area contributed by atoms with Crippen molar-refractivity contribution in [2.75, 3.05) is 13.1 Å². The van der Waals surface area contributed by atoms with E-state index in [1.165, 1.54) is 24.3 Å². The Bertz CT molecular complexity index is 531. The van der Waals surface area contributed by atoms with Crippen LogP contribution in [0.25, 0.3) is 0 Å². The average Bonchev–Trinajstić information content (AvgIpc) is 2.51. The van der Waals surface area contributed by atoms with Gasteiger partial charge in [-0.1, -0.05) is 13.8 Å². The molecule has 0 bridgehead atoms. The Balaban J connectivity index is 2.33. The number of rotatable bonds is 8. The predicted octanol–water partition coefficient (Wildman–Crippen LogP) is 1.83. The lowest BCUT2D eigenvalue weighted by atomic mass is 9.88. The van der Waals surface area contributed by atoms with Crippen molar-refractivity contribution in [3.8, 4) is 0 Å². The molecule has 0 heterocycles. The molecule has 0 saturated carbocycles. The largest absolute Gasteiger partial charge is 0.352 e. The standard InChI is InChI=1S/C17H26FN3O2/c1-12(2)17(3,11-19)21-15(22)5-4-10-20-16(23)13-6-8-14(18)9-7-13/h6-9,12H,4-5,10-11,19H2,1-3H3,(H,20,23)(H,21,22). The van der Waals surface area contributed by atoms with Crippen molar-refractivity contribution < 1.29 is 14.0 Å². The number of nitrogens with one attached hydrogen (secondary N) is 2. The van der Waals surface area contributed by atoms with E-state index in [2.05, 4.69) is 10.6 Å². The van der Waals surface area contributed by atoms with Crippen LogP contribution in [0.2, 0.25) is 0 Å². The first kappa shape index (κ1) is 19.1. The Morgan fingerprint density at radius 2 is 1.87 bits per heavy atom. The zero-order chi connectivity index (χ0) is 17.5. The summed E-state index contributed by atoms with van der Waals surface area (Å²) in [6.45, 7) is 6.69. The summed E-state index contributed by atoms with van der Waals surface area (Å²) < 4.78 is 12.8. The van der Waals surface area contributed by atoms with E-state index < -0.39 is 5.54 Å². The highest BCUT2D eigenvalue weighted by Gasteiger charge is 2.28. The molecule has 0 radical (unpaired) electrons. The summed E-state index contributed by atoms with van der Waals surface area (Å²) in [6, 6.07) is 5.32. The Morgan fingerprint density at radius 3 is 2.39 bits per heavy atom. The normalized spacial score (nSPS) is 13.5. The lowest BCUT2D eigenvalue weighted by Gasteiger charge is -2.33. The zero-order valence-electron chi connectivity index (χ0n) is 14.0. The van der Waals surface area contributed by atoms with Gasteiger partial charge < -0.3 is 16.4 Å². The molecular weight excluding hydrogens is 297 g/mol. The third-order valence-corrected chi connectivity index (χ3v) is 4.10. The molecule has 4 N–H and O–H groups in total. The molecule has 0 spiro atoms. The molecule has 128 valence electrons. The average molecular weight is 323 g/mol. The predicted molar refractivity (Wildman–Crippen MR) is 88.4 cm³/mol. The van der Waals surface area contributed by atoms with E-state index in [0.29, 0.717) is 31.5 Å². The van der Waals surface area contributed by atoms with Gasteiger partial charge in [-0.05, 0) is 43.5 Å². The van der Waals surface area contributed by atoms with Crippen LogP contribution in [-0.2, 0) is 4.79 Å². The number of hydrogen-bond donors (Lipinski definition) is 3. The number of hydrogen-bond acceptors (Lipinski definition) is 3. The molecule has 1 atom stereocenters. The Morgan fingerprint density at radius 1 is 1.26 bits per heavy atom. The smallest absolute Gasteiger partial charge is 0.251 e. The van der Waals surface area contributed by atoms with Crippen LogP contribution in [0.3, 0.4) is 0 Å². The molecule has 5 nitrogen and oxygen atoms in total. The van der Waals surface area contributed by atoms with E-state index in [-0.39, 0.29) is 23.5 Å². The number of carbonyl (C=O) groups is 2. The van der Waals surface area contributed by atoms with Gasteiger partial charge in [0, 0.05) is 25.1 Å². The molecule has 0 aromatic heterocycles. The van der Waals surface area contributed by atoms with E-state index >= 15 is 0 Å². The molecule has 0 aliphatic rings. The Kier molecular flexibility index (Phi) is 7.16. The van der Waals surface area contributed by atoms with Crippen molar-refractivity contribution in [3.63, 3.8) is 0 Å². The van der Waals surface area contributed by atoms with Gasteiger partial charge in [0.05, 0.1) is 5.54 Å². The minimum atomic E-state index is -0.422. The molecule has 0 saturated heterocycles. The maximum Gasteiger partial charge on any atom is 0.251 e. The van der Waals surface area contributed by atoms with Gasteiger partial charge in [-0.2, -0.15) is 0 Å². The highest BCUT2D eigenvalue weighted by atomic mass is 19.1. The molecule has 0 aliphatic carbocycles. The lowest BCUT2D eigenvalue weighted by molar-refractivity contribution is -0.123. The van der Waals surface area contributed by atoms with Crippen molar-refractivity contribution in [1.82, 2.24) is 10.6 Å². The maximum atomic E-state index is 12.8. The van der Waals surface area contributed by atoms with Crippen LogP contribution in [0.4, 0.5) is 4.39 Å². The van der Waals surface area contributed by atoms with Gasteiger partial charge in [-0.25, -0.2) is 4.39 Å². The molecule has 6 heteroatoms. The Hall–Kier alpha value is -1.95. The molecule has 1 aromatic rings. The van der Waals surface area contributed by atoms with E-state index in [9.17, 15) is 14.0 Å². The van der Waals surface area contributed by atoms with E-state index in [1.807, 2.05) is 20.8 Å². The van der Waals surface area contributed by atoms with E-state index in [0.717, 1.165) is 0 Å². The SMILES string of the molecule is CC(C)C(C)(CN)NC(=O)CCCNC(=O)c1ccc(F)cc1. The highest BCUT2D eigenvalue weighted by Crippen LogP contribution is 2.14. The summed E-state index contributed by atoms with van der Waals surface area (Å²) in [4.78, 5) is 23.8. The fourth-order valence-corrected chi connectivity index (χ4v) is 1.97. The summed E-state index contributed by atoms with van der Waals surface area (Å²) in [7, 11) is 0. The molecule has 0 aliphatic heterocycles. The summed E-state index contributed by atoms with van der Waals surface area (Å²) in [6.07, 6.45) is 0.837. The van der Waals surface area contributed by atoms with Crippen LogP contribution in [0.5, 0.6) is 0 Å². The van der Waals surface area contributed by atoms with E-state index in [4.69, 9.17) is 5.73 Å². The number of amides is 2. The first-order valence-electron chi connectivity index (χ1n) is 7.83. The number of nitrogens with two attached hydrogens (primary N) is 1. The van der Waals surface area contributed by atoms with Gasteiger partial charge in [-0.15, -0.1) is 0 Å². The quantitative estimate of drug-likeness (QED) is 0.638. The first-order chi connectivity index (χ1) is 10.8. The van der Waals surface area contributed by atoms with Crippen LogP contribution in [0, 0.1) is 11.7 Å². The van der Waals surface area contributed by atoms with Crippen LogP contribution in [-0.4, -0.2) is 30.4 Å². The second-order valence-corrected chi connectivity index (χ2v) is 6.19. The molecule has 1 rings (SSSR count). The van der Waals surface area contributed by atoms with Crippen molar-refractivity contribution in [2.45, 2.75) is 39.2 Å². The third kappa shape index (κ3) is 5.98. The zero-order valence-corrected chi connectivity index (χ0v) is 14.0. The number of halogens is 1. The molecular formula is C17H26FN3O2. The summed E-state index contributed by atoms with van der Waals surface area (Å²) in [5.74, 6) is -0.511. The van der Waals surface area contributed by atoms with Crippen LogP contribution < -0.4 is 16.4 Å². The lowest BCUT2D eigenvalue weighted by Crippen LogP contribution is -2.55. The molecule has 1 aromatic carbocycles. The van der Waals surface area contributed by atoms with Gasteiger partial charge in [0.25, 0.3) is 5.91 Å². The van der Waals surface area contributed by atoms with Gasteiger partial charge >= 0.3 is 0 Å². The first-order valence-corrected chi connectivity index (χ1v) is 7.83. The van der Waals surface area contributed by atoms with Crippen LogP contribution in [0.1, 0.15) is 44.0 Å². The molecule has 0 fully saturated rings. The molecule has 1 unspecified atom stereocenters. The van der Waals surface area contributed by atoms with Gasteiger partial charge in [0.15, 0.2) is 0 Å². The van der Waals surface area contributed by atoms with Crippen molar-refractivity contribution in [1.29, 1.82) is 0 Å². The fourth-order valence-electron chi connectivity index (χ4n) is 1.97. The molecule has 2 amide bonds. The minimum Gasteiger partial charge on any atom is -0.352 e. The number of benzene rings is 1. The molecule has 23 heavy (non-hydrogen) atoms. The summed E-state index contributed by atoms with van der Waals surface area (Å²) >= 11 is 0. The van der Waals surface area contributed by atoms with Gasteiger partial charge in [-0.3, -0.25) is 9.59 Å². The van der Waals surface area contributed by atoms with E-state index in [1.54, 1.807) is 0 Å². The summed E-state index contributed by atoms with van der Waals surface area (Å²) in [5, 5.41) is 5.66. The fraction of sp³-hybridized carbons (Fsp3) is 0.529. The topological polar surface area (TPSA) is 84.2 Å². The third-order valence-electron chi connectivity index (χ3n) is 4.10. The highest BCUT2D eigenvalue weighted by molar-refractivity contribution is 5.94. The Labute approximate surface area is 136 Å². The van der Waals surface area contributed by atoms with Crippen molar-refractivity contribution >= 4 is 11.8 Å². The second kappa shape index (κ2) is 8.62. The number of carbonyl (C=O) groups excluding carboxylic acids is 2. The summed E-state index contributed by atoms with van der Waals surface area (Å²) in [5.41, 5.74) is 5.70. The van der Waals surface area contributed by atoms with Crippen molar-refractivity contribution in [3.05, 3.63) is 35.6 Å². The van der Waals surface area contributed by atoms with Crippen LogP contribution >= 0.6 is 0 Å².